The third-order valence-electron chi connectivity index (χ3n) is 2.13. The molecule has 0 heterocycles. The molecule has 1 aromatic rings. The van der Waals surface area contributed by atoms with Crippen LogP contribution in [0.4, 0.5) is 0 Å². The molecule has 0 saturated heterocycles. The van der Waals surface area contributed by atoms with Crippen LogP contribution < -0.4 is 20.1 Å². The Labute approximate surface area is 101 Å². The molecule has 0 aromatic heterocycles. The maximum absolute atomic E-state index is 11.3. The molecule has 5 heteroatoms. The van der Waals surface area contributed by atoms with Crippen molar-refractivity contribution in [2.75, 3.05) is 33.9 Å². The summed E-state index contributed by atoms with van der Waals surface area (Å²) in [6.07, 6.45) is 0. The molecule has 17 heavy (non-hydrogen) atoms. The summed E-state index contributed by atoms with van der Waals surface area (Å²) < 4.78 is 10.3. The van der Waals surface area contributed by atoms with Crippen molar-refractivity contribution in [2.24, 2.45) is 0 Å². The fourth-order valence-electron chi connectivity index (χ4n) is 1.20. The number of methoxy groups -OCH3 is 1. The molecule has 2 N–H and O–H groups in total. The van der Waals surface area contributed by atoms with Crippen LogP contribution >= 0.6 is 0 Å². The number of hydrogen-bond donors (Lipinski definition) is 2. The summed E-state index contributed by atoms with van der Waals surface area (Å²) in [4.78, 5) is 11.3. The highest BCUT2D eigenvalue weighted by Crippen LogP contribution is 2.16. The topological polar surface area (TPSA) is 59.6 Å². The van der Waals surface area contributed by atoms with Crippen molar-refractivity contribution in [1.82, 2.24) is 10.6 Å². The standard InChI is InChI=1S/C12H18N2O3/c1-13-7-8-14-12(15)9-17-11-5-3-10(16-2)4-6-11/h3-6,13H,7-9H2,1-2H3,(H,14,15). The summed E-state index contributed by atoms with van der Waals surface area (Å²) in [6.45, 7) is 1.37. The summed E-state index contributed by atoms with van der Waals surface area (Å²) in [5.74, 6) is 1.28. The van der Waals surface area contributed by atoms with E-state index < -0.39 is 0 Å². The van der Waals surface area contributed by atoms with Gasteiger partial charge >= 0.3 is 0 Å². The van der Waals surface area contributed by atoms with Crippen LogP contribution in [0.25, 0.3) is 0 Å². The Balaban J connectivity index is 2.27. The van der Waals surface area contributed by atoms with Crippen LogP contribution in [0.1, 0.15) is 0 Å². The van der Waals surface area contributed by atoms with E-state index in [0.717, 1.165) is 12.3 Å². The normalized spacial score (nSPS) is 9.76. The lowest BCUT2D eigenvalue weighted by molar-refractivity contribution is -0.123. The van der Waals surface area contributed by atoms with Gasteiger partial charge in [-0.05, 0) is 31.3 Å². The zero-order chi connectivity index (χ0) is 12.5. The third kappa shape index (κ3) is 5.21. The molecule has 1 amide bonds. The molecule has 0 fully saturated rings. The number of carbonyl (C=O) groups is 1. The van der Waals surface area contributed by atoms with Gasteiger partial charge in [-0.1, -0.05) is 0 Å². The minimum atomic E-state index is -0.129. The number of hydrogen-bond acceptors (Lipinski definition) is 4. The predicted octanol–water partition coefficient (Wildman–Crippen LogP) is 0.410. The van der Waals surface area contributed by atoms with Crippen molar-refractivity contribution < 1.29 is 14.3 Å². The van der Waals surface area contributed by atoms with Crippen molar-refractivity contribution in [3.8, 4) is 11.5 Å². The predicted molar refractivity (Wildman–Crippen MR) is 65.4 cm³/mol. The highest BCUT2D eigenvalue weighted by molar-refractivity contribution is 5.77. The van der Waals surface area contributed by atoms with E-state index in [-0.39, 0.29) is 12.5 Å². The van der Waals surface area contributed by atoms with Gasteiger partial charge in [-0.25, -0.2) is 0 Å². The highest BCUT2D eigenvalue weighted by Gasteiger charge is 2.01. The Hall–Kier alpha value is -1.75. The molecule has 94 valence electrons. The molecule has 0 aliphatic rings. The second-order valence-corrected chi connectivity index (χ2v) is 3.42. The second-order valence-electron chi connectivity index (χ2n) is 3.42. The Morgan fingerprint density at radius 2 is 1.82 bits per heavy atom. The number of amides is 1. The van der Waals surface area contributed by atoms with Crippen LogP contribution in [0.5, 0.6) is 11.5 Å². The Bertz CT molecular complexity index is 338. The number of ether oxygens (including phenoxy) is 2. The number of nitrogens with one attached hydrogen (secondary N) is 2. The van der Waals surface area contributed by atoms with Crippen LogP contribution in [0.3, 0.4) is 0 Å². The van der Waals surface area contributed by atoms with Crippen molar-refractivity contribution >= 4 is 5.91 Å². The molecule has 1 aromatic carbocycles. The van der Waals surface area contributed by atoms with Crippen molar-refractivity contribution in [3.63, 3.8) is 0 Å². The van der Waals surface area contributed by atoms with Crippen molar-refractivity contribution in [2.45, 2.75) is 0 Å². The lowest BCUT2D eigenvalue weighted by Gasteiger charge is -2.07. The first kappa shape index (κ1) is 13.3. The molecule has 0 atom stereocenters. The smallest absolute Gasteiger partial charge is 0.257 e. The van der Waals surface area contributed by atoms with E-state index in [1.54, 1.807) is 31.4 Å². The molecule has 0 bridgehead atoms. The number of benzene rings is 1. The van der Waals surface area contributed by atoms with Crippen LogP contribution in [0, 0.1) is 0 Å². The molecule has 5 nitrogen and oxygen atoms in total. The van der Waals surface area contributed by atoms with Crippen LogP contribution in [-0.4, -0.2) is 39.8 Å². The van der Waals surface area contributed by atoms with E-state index >= 15 is 0 Å². The molecule has 0 saturated carbocycles. The lowest BCUT2D eigenvalue weighted by Crippen LogP contribution is -2.33. The van der Waals surface area contributed by atoms with Crippen LogP contribution in [-0.2, 0) is 4.79 Å². The zero-order valence-electron chi connectivity index (χ0n) is 10.2. The molecule has 1 rings (SSSR count). The Kier molecular flexibility index (Phi) is 5.88. The fourth-order valence-corrected chi connectivity index (χ4v) is 1.20. The summed E-state index contributed by atoms with van der Waals surface area (Å²) >= 11 is 0. The zero-order valence-corrected chi connectivity index (χ0v) is 10.2. The summed E-state index contributed by atoms with van der Waals surface area (Å²) in [6, 6.07) is 7.10. The first-order valence-corrected chi connectivity index (χ1v) is 5.44. The molecule has 0 aliphatic carbocycles. The SMILES string of the molecule is CNCCNC(=O)COc1ccc(OC)cc1. The first-order valence-electron chi connectivity index (χ1n) is 5.44. The monoisotopic (exact) mass is 238 g/mol. The van der Waals surface area contributed by atoms with Crippen LogP contribution in [0.2, 0.25) is 0 Å². The lowest BCUT2D eigenvalue weighted by atomic mass is 10.3. The number of carbonyl (C=O) groups excluding carboxylic acids is 1. The van der Waals surface area contributed by atoms with Gasteiger partial charge in [0.25, 0.3) is 5.91 Å². The minimum Gasteiger partial charge on any atom is -0.497 e. The van der Waals surface area contributed by atoms with Gasteiger partial charge in [0.2, 0.25) is 0 Å². The Morgan fingerprint density at radius 3 is 2.41 bits per heavy atom. The Morgan fingerprint density at radius 1 is 1.18 bits per heavy atom. The number of rotatable bonds is 7. The molecule has 0 aliphatic heterocycles. The second kappa shape index (κ2) is 7.51. The van der Waals surface area contributed by atoms with Crippen molar-refractivity contribution in [3.05, 3.63) is 24.3 Å². The molecular formula is C12H18N2O3. The fraction of sp³-hybridized carbons (Fsp3) is 0.417. The number of likely N-dealkylation sites (N-methyl/N-ethyl adjacent to an activating group) is 1. The molecular weight excluding hydrogens is 220 g/mol. The van der Waals surface area contributed by atoms with E-state index in [1.165, 1.54) is 0 Å². The summed E-state index contributed by atoms with van der Waals surface area (Å²) in [7, 11) is 3.44. The highest BCUT2D eigenvalue weighted by atomic mass is 16.5. The maximum Gasteiger partial charge on any atom is 0.257 e. The van der Waals surface area contributed by atoms with Gasteiger partial charge in [-0.3, -0.25) is 4.79 Å². The molecule has 0 spiro atoms. The maximum atomic E-state index is 11.3. The van der Waals surface area contributed by atoms with Crippen molar-refractivity contribution in [1.29, 1.82) is 0 Å². The van der Waals surface area contributed by atoms with Gasteiger partial charge in [0.05, 0.1) is 7.11 Å². The average molecular weight is 238 g/mol. The minimum absolute atomic E-state index is 0.0239. The first-order chi connectivity index (χ1) is 8.26. The molecule has 0 radical (unpaired) electrons. The third-order valence-corrected chi connectivity index (χ3v) is 2.13. The van der Waals surface area contributed by atoms with E-state index in [4.69, 9.17) is 9.47 Å². The summed E-state index contributed by atoms with van der Waals surface area (Å²) in [5, 5.41) is 5.67. The van der Waals surface area contributed by atoms with Gasteiger partial charge in [0, 0.05) is 13.1 Å². The van der Waals surface area contributed by atoms with Gasteiger partial charge in [-0.15, -0.1) is 0 Å². The van der Waals surface area contributed by atoms with E-state index in [0.29, 0.717) is 12.3 Å². The van der Waals surface area contributed by atoms with Gasteiger partial charge in [0.1, 0.15) is 11.5 Å². The quantitative estimate of drug-likeness (QED) is 0.675. The largest absolute Gasteiger partial charge is 0.497 e. The molecule has 0 unspecified atom stereocenters. The summed E-state index contributed by atoms with van der Waals surface area (Å²) in [5.41, 5.74) is 0. The van der Waals surface area contributed by atoms with Gasteiger partial charge < -0.3 is 20.1 Å². The van der Waals surface area contributed by atoms with E-state index in [9.17, 15) is 4.79 Å². The van der Waals surface area contributed by atoms with E-state index in [2.05, 4.69) is 10.6 Å². The van der Waals surface area contributed by atoms with Gasteiger partial charge in [-0.2, -0.15) is 0 Å². The van der Waals surface area contributed by atoms with Gasteiger partial charge in [0.15, 0.2) is 6.61 Å². The van der Waals surface area contributed by atoms with E-state index in [1.807, 2.05) is 7.05 Å². The van der Waals surface area contributed by atoms with Crippen LogP contribution in [0.15, 0.2) is 24.3 Å². The average Bonchev–Trinajstić information content (AvgIpc) is 2.37.